The SMILES string of the molecule is OCc1ncoc1-c1ccc(Cl)c(F)c1. The van der Waals surface area contributed by atoms with Crippen LogP contribution in [0.1, 0.15) is 5.69 Å². The van der Waals surface area contributed by atoms with Crippen LogP contribution in [0.2, 0.25) is 5.02 Å². The molecule has 0 unspecified atom stereocenters. The topological polar surface area (TPSA) is 46.3 Å². The van der Waals surface area contributed by atoms with Crippen molar-refractivity contribution in [3.05, 3.63) is 41.1 Å². The summed E-state index contributed by atoms with van der Waals surface area (Å²) in [6.07, 6.45) is 1.20. The third kappa shape index (κ3) is 1.86. The van der Waals surface area contributed by atoms with Gasteiger partial charge in [0.2, 0.25) is 0 Å². The van der Waals surface area contributed by atoms with Crippen molar-refractivity contribution >= 4 is 11.6 Å². The van der Waals surface area contributed by atoms with E-state index in [4.69, 9.17) is 21.1 Å². The van der Waals surface area contributed by atoms with Gasteiger partial charge in [-0.15, -0.1) is 0 Å². The van der Waals surface area contributed by atoms with Gasteiger partial charge in [-0.3, -0.25) is 0 Å². The maximum Gasteiger partial charge on any atom is 0.181 e. The van der Waals surface area contributed by atoms with Crippen molar-refractivity contribution in [2.24, 2.45) is 0 Å². The molecule has 0 aliphatic rings. The molecule has 1 heterocycles. The summed E-state index contributed by atoms with van der Waals surface area (Å²) in [5.74, 6) is -0.178. The summed E-state index contributed by atoms with van der Waals surface area (Å²) in [4.78, 5) is 3.79. The quantitative estimate of drug-likeness (QED) is 0.858. The summed E-state index contributed by atoms with van der Waals surface area (Å²) in [6.45, 7) is -0.254. The third-order valence-corrected chi connectivity index (χ3v) is 2.28. The molecule has 1 aromatic heterocycles. The van der Waals surface area contributed by atoms with Crippen LogP contribution in [0.5, 0.6) is 0 Å². The van der Waals surface area contributed by atoms with E-state index in [0.717, 1.165) is 0 Å². The molecule has 78 valence electrons. The van der Waals surface area contributed by atoms with Crippen molar-refractivity contribution in [2.45, 2.75) is 6.61 Å². The van der Waals surface area contributed by atoms with Crippen LogP contribution in [0.4, 0.5) is 4.39 Å². The number of aliphatic hydroxyl groups is 1. The van der Waals surface area contributed by atoms with E-state index in [1.165, 1.54) is 18.5 Å². The van der Waals surface area contributed by atoms with Crippen molar-refractivity contribution in [3.63, 3.8) is 0 Å². The zero-order valence-electron chi connectivity index (χ0n) is 7.58. The number of halogens is 2. The highest BCUT2D eigenvalue weighted by Crippen LogP contribution is 2.26. The fourth-order valence-corrected chi connectivity index (χ4v) is 1.37. The van der Waals surface area contributed by atoms with Gasteiger partial charge < -0.3 is 9.52 Å². The van der Waals surface area contributed by atoms with Crippen LogP contribution in [-0.2, 0) is 6.61 Å². The Bertz CT molecular complexity index is 484. The molecule has 15 heavy (non-hydrogen) atoms. The minimum atomic E-state index is -0.533. The lowest BCUT2D eigenvalue weighted by Gasteiger charge is -2.00. The second-order valence-corrected chi connectivity index (χ2v) is 3.32. The van der Waals surface area contributed by atoms with Crippen LogP contribution in [-0.4, -0.2) is 10.1 Å². The molecule has 0 aliphatic heterocycles. The fraction of sp³-hybridized carbons (Fsp3) is 0.100. The van der Waals surface area contributed by atoms with Gasteiger partial charge in [0.25, 0.3) is 0 Å². The van der Waals surface area contributed by atoms with E-state index < -0.39 is 5.82 Å². The Morgan fingerprint density at radius 2 is 2.27 bits per heavy atom. The van der Waals surface area contributed by atoms with Gasteiger partial charge in [0.05, 0.1) is 11.6 Å². The third-order valence-electron chi connectivity index (χ3n) is 1.97. The van der Waals surface area contributed by atoms with Gasteiger partial charge in [-0.2, -0.15) is 0 Å². The number of benzene rings is 1. The molecule has 2 rings (SSSR count). The number of rotatable bonds is 2. The first kappa shape index (κ1) is 10.1. The summed E-state index contributed by atoms with van der Waals surface area (Å²) >= 11 is 5.55. The second-order valence-electron chi connectivity index (χ2n) is 2.92. The standard InChI is InChI=1S/C10H7ClFNO2/c11-7-2-1-6(3-8(7)12)10-9(4-14)13-5-15-10/h1-3,5,14H,4H2. The van der Waals surface area contributed by atoms with Gasteiger partial charge in [0.1, 0.15) is 11.5 Å². The van der Waals surface area contributed by atoms with E-state index in [1.807, 2.05) is 0 Å². The highest BCUT2D eigenvalue weighted by Gasteiger charge is 2.11. The molecular weight excluding hydrogens is 221 g/mol. The monoisotopic (exact) mass is 227 g/mol. The largest absolute Gasteiger partial charge is 0.443 e. The minimum Gasteiger partial charge on any atom is -0.443 e. The average Bonchev–Trinajstić information content (AvgIpc) is 2.70. The summed E-state index contributed by atoms with van der Waals surface area (Å²) in [6, 6.07) is 4.27. The van der Waals surface area contributed by atoms with Crippen LogP contribution >= 0.6 is 11.6 Å². The molecule has 1 N–H and O–H groups in total. The lowest BCUT2D eigenvalue weighted by Crippen LogP contribution is -1.87. The summed E-state index contributed by atoms with van der Waals surface area (Å²) in [5.41, 5.74) is 0.871. The molecule has 0 amide bonds. The van der Waals surface area contributed by atoms with Gasteiger partial charge in [-0.25, -0.2) is 9.37 Å². The van der Waals surface area contributed by atoms with E-state index in [-0.39, 0.29) is 11.6 Å². The lowest BCUT2D eigenvalue weighted by molar-refractivity contribution is 0.277. The van der Waals surface area contributed by atoms with E-state index >= 15 is 0 Å². The maximum absolute atomic E-state index is 13.2. The summed E-state index contributed by atoms with van der Waals surface area (Å²) in [5, 5.41) is 9.00. The van der Waals surface area contributed by atoms with Crippen molar-refractivity contribution < 1.29 is 13.9 Å². The van der Waals surface area contributed by atoms with Gasteiger partial charge in [-0.05, 0) is 18.2 Å². The predicted octanol–water partition coefficient (Wildman–Crippen LogP) is 2.63. The molecule has 1 aromatic carbocycles. The Balaban J connectivity index is 2.50. The van der Waals surface area contributed by atoms with Crippen molar-refractivity contribution in [2.75, 3.05) is 0 Å². The van der Waals surface area contributed by atoms with Crippen molar-refractivity contribution in [1.29, 1.82) is 0 Å². The van der Waals surface area contributed by atoms with E-state index in [2.05, 4.69) is 4.98 Å². The van der Waals surface area contributed by atoms with Crippen LogP contribution in [0.25, 0.3) is 11.3 Å². The van der Waals surface area contributed by atoms with Crippen LogP contribution in [0, 0.1) is 5.82 Å². The predicted molar refractivity (Wildman–Crippen MR) is 52.8 cm³/mol. The van der Waals surface area contributed by atoms with Crippen molar-refractivity contribution in [3.8, 4) is 11.3 Å². The Labute approximate surface area is 90.1 Å². The molecule has 5 heteroatoms. The summed E-state index contributed by atoms with van der Waals surface area (Å²) < 4.78 is 18.2. The lowest BCUT2D eigenvalue weighted by atomic mass is 10.1. The number of hydrogen-bond acceptors (Lipinski definition) is 3. The molecule has 0 spiro atoms. The minimum absolute atomic E-state index is 0.0452. The highest BCUT2D eigenvalue weighted by atomic mass is 35.5. The highest BCUT2D eigenvalue weighted by molar-refractivity contribution is 6.30. The first-order valence-corrected chi connectivity index (χ1v) is 4.59. The first-order chi connectivity index (χ1) is 7.22. The zero-order valence-corrected chi connectivity index (χ0v) is 8.33. The van der Waals surface area contributed by atoms with Gasteiger partial charge in [-0.1, -0.05) is 11.6 Å². The Morgan fingerprint density at radius 1 is 1.47 bits per heavy atom. The smallest absolute Gasteiger partial charge is 0.181 e. The molecule has 2 aromatic rings. The molecule has 0 radical (unpaired) electrons. The summed E-state index contributed by atoms with van der Waals surface area (Å²) in [7, 11) is 0. The van der Waals surface area contributed by atoms with Crippen LogP contribution in [0.3, 0.4) is 0 Å². The Morgan fingerprint density at radius 3 is 2.93 bits per heavy atom. The normalized spacial score (nSPS) is 10.6. The molecule has 0 fully saturated rings. The molecule has 0 atom stereocenters. The van der Waals surface area contributed by atoms with Gasteiger partial charge >= 0.3 is 0 Å². The van der Waals surface area contributed by atoms with E-state index in [0.29, 0.717) is 17.0 Å². The average molecular weight is 228 g/mol. The number of nitrogens with zero attached hydrogens (tertiary/aromatic N) is 1. The molecule has 3 nitrogen and oxygen atoms in total. The molecular formula is C10H7ClFNO2. The maximum atomic E-state index is 13.2. The fourth-order valence-electron chi connectivity index (χ4n) is 1.25. The molecule has 0 saturated heterocycles. The van der Waals surface area contributed by atoms with Gasteiger partial charge in [0, 0.05) is 5.56 Å². The van der Waals surface area contributed by atoms with E-state index in [1.54, 1.807) is 6.07 Å². The molecule has 0 bridgehead atoms. The van der Waals surface area contributed by atoms with E-state index in [9.17, 15) is 4.39 Å². The van der Waals surface area contributed by atoms with Crippen LogP contribution < -0.4 is 0 Å². The Hall–Kier alpha value is -1.39. The molecule has 0 aliphatic carbocycles. The Kier molecular flexibility index (Phi) is 2.70. The first-order valence-electron chi connectivity index (χ1n) is 4.21. The molecule has 0 saturated carbocycles. The number of oxazole rings is 1. The van der Waals surface area contributed by atoms with Gasteiger partial charge in [0.15, 0.2) is 12.2 Å². The van der Waals surface area contributed by atoms with Crippen LogP contribution in [0.15, 0.2) is 29.0 Å². The number of aromatic nitrogens is 1. The number of hydrogen-bond donors (Lipinski definition) is 1. The van der Waals surface area contributed by atoms with Crippen molar-refractivity contribution in [1.82, 2.24) is 4.98 Å². The zero-order chi connectivity index (χ0) is 10.8. The number of aliphatic hydroxyl groups excluding tert-OH is 1. The second kappa shape index (κ2) is 4.00.